The smallest absolute Gasteiger partial charge is 0.336 e. The van der Waals surface area contributed by atoms with Gasteiger partial charge in [0, 0.05) is 11.5 Å². The van der Waals surface area contributed by atoms with Crippen molar-refractivity contribution in [1.82, 2.24) is 0 Å². The Kier molecular flexibility index (Phi) is 3.19. The summed E-state index contributed by atoms with van der Waals surface area (Å²) in [6.45, 7) is 3.84. The first-order chi connectivity index (χ1) is 8.52. The van der Waals surface area contributed by atoms with Gasteiger partial charge in [0.05, 0.1) is 13.5 Å². The third kappa shape index (κ3) is 2.14. The monoisotopic (exact) mass is 246 g/mol. The normalized spacial score (nSPS) is 10.6. The van der Waals surface area contributed by atoms with Gasteiger partial charge in [0.1, 0.15) is 5.58 Å². The SMILES string of the molecule is COC(=O)Cc1cc(=O)oc2c(C)c(C)ccc12. The van der Waals surface area contributed by atoms with Crippen molar-refractivity contribution in [3.63, 3.8) is 0 Å². The van der Waals surface area contributed by atoms with Crippen molar-refractivity contribution >= 4 is 16.9 Å². The largest absolute Gasteiger partial charge is 0.469 e. The summed E-state index contributed by atoms with van der Waals surface area (Å²) >= 11 is 0. The summed E-state index contributed by atoms with van der Waals surface area (Å²) in [6, 6.07) is 5.14. The second kappa shape index (κ2) is 4.64. The molecule has 1 heterocycles. The van der Waals surface area contributed by atoms with Crippen molar-refractivity contribution in [3.8, 4) is 0 Å². The van der Waals surface area contributed by atoms with Crippen LogP contribution in [0.1, 0.15) is 16.7 Å². The van der Waals surface area contributed by atoms with E-state index in [1.165, 1.54) is 13.2 Å². The first-order valence-electron chi connectivity index (χ1n) is 5.62. The van der Waals surface area contributed by atoms with Gasteiger partial charge in [0.25, 0.3) is 0 Å². The third-order valence-corrected chi connectivity index (χ3v) is 3.08. The molecule has 1 aromatic heterocycles. The highest BCUT2D eigenvalue weighted by atomic mass is 16.5. The molecule has 0 atom stereocenters. The molecule has 0 radical (unpaired) electrons. The number of aryl methyl sites for hydroxylation is 2. The van der Waals surface area contributed by atoms with Gasteiger partial charge in [0.2, 0.25) is 0 Å². The third-order valence-electron chi connectivity index (χ3n) is 3.08. The van der Waals surface area contributed by atoms with Gasteiger partial charge >= 0.3 is 11.6 Å². The number of esters is 1. The first-order valence-corrected chi connectivity index (χ1v) is 5.62. The van der Waals surface area contributed by atoms with E-state index in [4.69, 9.17) is 4.42 Å². The molecule has 0 saturated heterocycles. The molecule has 0 N–H and O–H groups in total. The number of hydrogen-bond acceptors (Lipinski definition) is 4. The molecule has 0 aliphatic carbocycles. The van der Waals surface area contributed by atoms with Gasteiger partial charge in [-0.3, -0.25) is 4.79 Å². The molecule has 18 heavy (non-hydrogen) atoms. The molecule has 0 aliphatic rings. The summed E-state index contributed by atoms with van der Waals surface area (Å²) in [6.07, 6.45) is 0.0705. The Hall–Kier alpha value is -2.10. The van der Waals surface area contributed by atoms with Crippen LogP contribution >= 0.6 is 0 Å². The fraction of sp³-hybridized carbons (Fsp3) is 0.286. The maximum Gasteiger partial charge on any atom is 0.336 e. The highest BCUT2D eigenvalue weighted by Crippen LogP contribution is 2.23. The van der Waals surface area contributed by atoms with Crippen LogP contribution in [0.5, 0.6) is 0 Å². The lowest BCUT2D eigenvalue weighted by Gasteiger charge is -2.08. The van der Waals surface area contributed by atoms with Gasteiger partial charge in [-0.1, -0.05) is 12.1 Å². The molecule has 0 fully saturated rings. The quantitative estimate of drug-likeness (QED) is 0.601. The van der Waals surface area contributed by atoms with Crippen LogP contribution in [-0.2, 0) is 16.0 Å². The molecule has 94 valence electrons. The fourth-order valence-electron chi connectivity index (χ4n) is 1.90. The maximum absolute atomic E-state index is 11.5. The van der Waals surface area contributed by atoms with Gasteiger partial charge in [-0.15, -0.1) is 0 Å². The van der Waals surface area contributed by atoms with E-state index in [0.717, 1.165) is 16.5 Å². The highest BCUT2D eigenvalue weighted by Gasteiger charge is 2.12. The average molecular weight is 246 g/mol. The molecule has 1 aromatic carbocycles. The highest BCUT2D eigenvalue weighted by molar-refractivity contribution is 5.87. The molecule has 0 bridgehead atoms. The summed E-state index contributed by atoms with van der Waals surface area (Å²) in [5.74, 6) is -0.375. The minimum absolute atomic E-state index is 0.0705. The number of carbonyl (C=O) groups excluding carboxylic acids is 1. The van der Waals surface area contributed by atoms with Crippen LogP contribution in [-0.4, -0.2) is 13.1 Å². The molecular weight excluding hydrogens is 232 g/mol. The standard InChI is InChI=1S/C14H14O4/c1-8-4-5-11-10(6-12(15)17-3)7-13(16)18-14(11)9(8)2/h4-5,7H,6H2,1-3H3. The molecule has 4 heteroatoms. The molecular formula is C14H14O4. The zero-order chi connectivity index (χ0) is 13.3. The molecule has 0 spiro atoms. The Morgan fingerprint density at radius 2 is 2.06 bits per heavy atom. The Bertz CT molecular complexity index is 667. The summed E-state index contributed by atoms with van der Waals surface area (Å²) in [7, 11) is 1.32. The van der Waals surface area contributed by atoms with Crippen molar-refractivity contribution in [2.24, 2.45) is 0 Å². The van der Waals surface area contributed by atoms with E-state index in [9.17, 15) is 9.59 Å². The number of hydrogen-bond donors (Lipinski definition) is 0. The van der Waals surface area contributed by atoms with Crippen LogP contribution in [0.2, 0.25) is 0 Å². The Morgan fingerprint density at radius 1 is 1.33 bits per heavy atom. The average Bonchev–Trinajstić information content (AvgIpc) is 2.34. The van der Waals surface area contributed by atoms with E-state index >= 15 is 0 Å². The van der Waals surface area contributed by atoms with E-state index in [2.05, 4.69) is 4.74 Å². The Balaban J connectivity index is 2.70. The number of methoxy groups -OCH3 is 1. The topological polar surface area (TPSA) is 56.5 Å². The molecule has 0 amide bonds. The maximum atomic E-state index is 11.5. The van der Waals surface area contributed by atoms with Crippen molar-refractivity contribution in [3.05, 3.63) is 45.3 Å². The minimum atomic E-state index is -0.449. The number of benzene rings is 1. The molecule has 0 unspecified atom stereocenters. The lowest BCUT2D eigenvalue weighted by Crippen LogP contribution is -2.09. The van der Waals surface area contributed by atoms with E-state index in [0.29, 0.717) is 11.1 Å². The van der Waals surface area contributed by atoms with Crippen LogP contribution in [0.4, 0.5) is 0 Å². The van der Waals surface area contributed by atoms with Crippen LogP contribution in [0.25, 0.3) is 11.0 Å². The van der Waals surface area contributed by atoms with E-state index in [1.54, 1.807) is 0 Å². The predicted molar refractivity (Wildman–Crippen MR) is 67.7 cm³/mol. The Morgan fingerprint density at radius 3 is 2.72 bits per heavy atom. The second-order valence-corrected chi connectivity index (χ2v) is 4.23. The lowest BCUT2D eigenvalue weighted by atomic mass is 10.0. The van der Waals surface area contributed by atoms with Gasteiger partial charge in [0.15, 0.2) is 0 Å². The number of fused-ring (bicyclic) bond motifs is 1. The summed E-state index contributed by atoms with van der Waals surface area (Å²) in [5, 5.41) is 0.781. The van der Waals surface area contributed by atoms with E-state index < -0.39 is 5.63 Å². The number of rotatable bonds is 2. The van der Waals surface area contributed by atoms with E-state index in [-0.39, 0.29) is 12.4 Å². The minimum Gasteiger partial charge on any atom is -0.469 e. The van der Waals surface area contributed by atoms with Gasteiger partial charge in [-0.2, -0.15) is 0 Å². The Labute approximate surface area is 104 Å². The molecule has 2 rings (SSSR count). The van der Waals surface area contributed by atoms with Crippen LogP contribution in [0.3, 0.4) is 0 Å². The van der Waals surface area contributed by atoms with Gasteiger partial charge in [-0.25, -0.2) is 4.79 Å². The van der Waals surface area contributed by atoms with Crippen LogP contribution in [0.15, 0.2) is 27.4 Å². The fourth-order valence-corrected chi connectivity index (χ4v) is 1.90. The van der Waals surface area contributed by atoms with E-state index in [1.807, 2.05) is 26.0 Å². The van der Waals surface area contributed by atoms with Crippen molar-refractivity contribution in [2.45, 2.75) is 20.3 Å². The molecule has 0 saturated carbocycles. The number of carbonyl (C=O) groups is 1. The van der Waals surface area contributed by atoms with Crippen molar-refractivity contribution in [1.29, 1.82) is 0 Å². The van der Waals surface area contributed by atoms with Crippen LogP contribution in [0, 0.1) is 13.8 Å². The second-order valence-electron chi connectivity index (χ2n) is 4.23. The summed E-state index contributed by atoms with van der Waals surface area (Å²) < 4.78 is 9.85. The first kappa shape index (κ1) is 12.4. The van der Waals surface area contributed by atoms with Gasteiger partial charge in [-0.05, 0) is 30.5 Å². The van der Waals surface area contributed by atoms with Gasteiger partial charge < -0.3 is 9.15 Å². The van der Waals surface area contributed by atoms with Crippen molar-refractivity contribution < 1.29 is 13.9 Å². The predicted octanol–water partition coefficient (Wildman–Crippen LogP) is 2.13. The molecule has 4 nitrogen and oxygen atoms in total. The molecule has 2 aromatic rings. The summed E-state index contributed by atoms with van der Waals surface area (Å²) in [4.78, 5) is 22.9. The van der Waals surface area contributed by atoms with Crippen molar-refractivity contribution in [2.75, 3.05) is 7.11 Å². The summed E-state index contributed by atoms with van der Waals surface area (Å²) in [5.41, 5.74) is 2.69. The zero-order valence-electron chi connectivity index (χ0n) is 10.6. The lowest BCUT2D eigenvalue weighted by molar-refractivity contribution is -0.139. The van der Waals surface area contributed by atoms with Crippen LogP contribution < -0.4 is 5.63 Å². The molecule has 0 aliphatic heterocycles. The zero-order valence-corrected chi connectivity index (χ0v) is 10.6. The number of ether oxygens (including phenoxy) is 1.